The number of nitrogens with one attached hydrogen (secondary N) is 3. The maximum Gasteiger partial charge on any atom is 0.257 e. The molecule has 0 aliphatic rings. The molecule has 1 amide bonds. The van der Waals surface area contributed by atoms with Crippen molar-refractivity contribution in [3.63, 3.8) is 0 Å². The molecule has 0 spiro atoms. The van der Waals surface area contributed by atoms with Gasteiger partial charge in [0.1, 0.15) is 0 Å². The fourth-order valence-corrected chi connectivity index (χ4v) is 4.41. The first-order valence-corrected chi connectivity index (χ1v) is 11.7. The van der Waals surface area contributed by atoms with E-state index in [0.29, 0.717) is 0 Å². The van der Waals surface area contributed by atoms with Gasteiger partial charge >= 0.3 is 0 Å². The standard InChI is InChI=1S/C18H23N3O5S2/c1-18(2,3)21-28(25,26)14-9-7-8-13(12-14)19-17(22)15-10-5-6-11-16(15)20-27(4,23)24/h5-12,20-21H,1-4H3,(H,19,22). The van der Waals surface area contributed by atoms with Crippen molar-refractivity contribution in [2.75, 3.05) is 16.3 Å². The summed E-state index contributed by atoms with van der Waals surface area (Å²) in [4.78, 5) is 12.6. The smallest absolute Gasteiger partial charge is 0.257 e. The van der Waals surface area contributed by atoms with Crippen molar-refractivity contribution >= 4 is 37.3 Å². The Balaban J connectivity index is 2.30. The summed E-state index contributed by atoms with van der Waals surface area (Å²) in [5.41, 5.74) is -0.167. The van der Waals surface area contributed by atoms with Crippen LogP contribution in [0.25, 0.3) is 0 Å². The summed E-state index contributed by atoms with van der Waals surface area (Å²) in [5.74, 6) is -0.579. The molecule has 0 fully saturated rings. The van der Waals surface area contributed by atoms with Crippen LogP contribution in [-0.2, 0) is 20.0 Å². The fourth-order valence-electron chi connectivity index (χ4n) is 2.37. The monoisotopic (exact) mass is 425 g/mol. The molecule has 152 valence electrons. The molecule has 28 heavy (non-hydrogen) atoms. The Labute approximate surface area is 165 Å². The highest BCUT2D eigenvalue weighted by Crippen LogP contribution is 2.21. The zero-order chi connectivity index (χ0) is 21.2. The number of sulfonamides is 2. The maximum absolute atomic E-state index is 12.6. The van der Waals surface area contributed by atoms with Crippen molar-refractivity contribution in [2.24, 2.45) is 0 Å². The van der Waals surface area contributed by atoms with E-state index in [-0.39, 0.29) is 21.8 Å². The van der Waals surface area contributed by atoms with Gasteiger partial charge in [0.05, 0.1) is 22.4 Å². The summed E-state index contributed by atoms with van der Waals surface area (Å²) in [6, 6.07) is 11.9. The van der Waals surface area contributed by atoms with Gasteiger partial charge in [0.15, 0.2) is 0 Å². The second kappa shape index (κ2) is 7.90. The van der Waals surface area contributed by atoms with E-state index in [1.807, 2.05) is 0 Å². The molecule has 2 aromatic carbocycles. The molecule has 2 aromatic rings. The number of benzene rings is 2. The average Bonchev–Trinajstić information content (AvgIpc) is 2.52. The number of para-hydroxylation sites is 1. The number of anilines is 2. The summed E-state index contributed by atoms with van der Waals surface area (Å²) in [6.07, 6.45) is 0.984. The molecule has 0 saturated heterocycles. The van der Waals surface area contributed by atoms with Gasteiger partial charge in [-0.2, -0.15) is 0 Å². The van der Waals surface area contributed by atoms with Crippen LogP contribution < -0.4 is 14.8 Å². The summed E-state index contributed by atoms with van der Waals surface area (Å²) < 4.78 is 52.7. The van der Waals surface area contributed by atoms with Crippen LogP contribution in [0.1, 0.15) is 31.1 Å². The number of hydrogen-bond acceptors (Lipinski definition) is 5. The lowest BCUT2D eigenvalue weighted by Crippen LogP contribution is -2.40. The van der Waals surface area contributed by atoms with Crippen LogP contribution in [0.3, 0.4) is 0 Å². The second-order valence-electron chi connectivity index (χ2n) is 7.26. The molecular weight excluding hydrogens is 402 g/mol. The van der Waals surface area contributed by atoms with Gasteiger partial charge in [-0.25, -0.2) is 21.6 Å². The van der Waals surface area contributed by atoms with Gasteiger partial charge in [-0.05, 0) is 51.1 Å². The minimum Gasteiger partial charge on any atom is -0.322 e. The fraction of sp³-hybridized carbons (Fsp3) is 0.278. The van der Waals surface area contributed by atoms with E-state index < -0.39 is 31.5 Å². The van der Waals surface area contributed by atoms with Gasteiger partial charge in [0, 0.05) is 11.2 Å². The van der Waals surface area contributed by atoms with Crippen LogP contribution in [-0.4, -0.2) is 34.5 Å². The van der Waals surface area contributed by atoms with Crippen LogP contribution in [0, 0.1) is 0 Å². The van der Waals surface area contributed by atoms with E-state index in [2.05, 4.69) is 14.8 Å². The van der Waals surface area contributed by atoms with Crippen molar-refractivity contribution in [1.29, 1.82) is 0 Å². The SMILES string of the molecule is CC(C)(C)NS(=O)(=O)c1cccc(NC(=O)c2ccccc2NS(C)(=O)=O)c1. The van der Waals surface area contributed by atoms with Crippen LogP contribution in [0.4, 0.5) is 11.4 Å². The van der Waals surface area contributed by atoms with Crippen molar-refractivity contribution in [1.82, 2.24) is 4.72 Å². The Morgan fingerprint density at radius 1 is 0.929 bits per heavy atom. The molecular formula is C18H23N3O5S2. The molecule has 0 aromatic heterocycles. The lowest BCUT2D eigenvalue weighted by atomic mass is 10.1. The minimum absolute atomic E-state index is 0.00257. The zero-order valence-electron chi connectivity index (χ0n) is 16.0. The normalized spacial score (nSPS) is 12.4. The maximum atomic E-state index is 12.6. The first-order chi connectivity index (χ1) is 12.8. The molecule has 3 N–H and O–H groups in total. The van der Waals surface area contributed by atoms with Crippen LogP contribution in [0.15, 0.2) is 53.4 Å². The van der Waals surface area contributed by atoms with Gasteiger partial charge < -0.3 is 5.32 Å². The van der Waals surface area contributed by atoms with Crippen molar-refractivity contribution < 1.29 is 21.6 Å². The molecule has 0 radical (unpaired) electrons. The quantitative estimate of drug-likeness (QED) is 0.656. The van der Waals surface area contributed by atoms with E-state index >= 15 is 0 Å². The Bertz CT molecular complexity index is 1090. The summed E-state index contributed by atoms with van der Waals surface area (Å²) >= 11 is 0. The topological polar surface area (TPSA) is 121 Å². The van der Waals surface area contributed by atoms with Crippen LogP contribution in [0.5, 0.6) is 0 Å². The Morgan fingerprint density at radius 2 is 1.57 bits per heavy atom. The number of rotatable bonds is 6. The largest absolute Gasteiger partial charge is 0.322 e. The van der Waals surface area contributed by atoms with E-state index in [0.717, 1.165) is 6.26 Å². The zero-order valence-corrected chi connectivity index (χ0v) is 17.6. The number of amides is 1. The molecule has 0 aliphatic carbocycles. The van der Waals surface area contributed by atoms with E-state index in [4.69, 9.17) is 0 Å². The molecule has 8 nitrogen and oxygen atoms in total. The molecule has 0 aliphatic heterocycles. The summed E-state index contributed by atoms with van der Waals surface area (Å²) in [6.45, 7) is 5.17. The van der Waals surface area contributed by atoms with Gasteiger partial charge in [0.25, 0.3) is 5.91 Å². The lowest BCUT2D eigenvalue weighted by Gasteiger charge is -2.20. The van der Waals surface area contributed by atoms with Gasteiger partial charge in [-0.3, -0.25) is 9.52 Å². The highest BCUT2D eigenvalue weighted by atomic mass is 32.2. The number of hydrogen-bond donors (Lipinski definition) is 3. The third-order valence-corrected chi connectivity index (χ3v) is 5.66. The van der Waals surface area contributed by atoms with Crippen molar-refractivity contribution in [3.8, 4) is 0 Å². The predicted octanol–water partition coefficient (Wildman–Crippen LogP) is 2.39. The van der Waals surface area contributed by atoms with E-state index in [1.165, 1.54) is 30.3 Å². The third-order valence-electron chi connectivity index (χ3n) is 3.31. The first kappa shape index (κ1) is 21.9. The predicted molar refractivity (Wildman–Crippen MR) is 109 cm³/mol. The Hall–Kier alpha value is -2.43. The van der Waals surface area contributed by atoms with Crippen molar-refractivity contribution in [3.05, 3.63) is 54.1 Å². The summed E-state index contributed by atoms with van der Waals surface area (Å²) in [7, 11) is -7.33. The molecule has 0 bridgehead atoms. The van der Waals surface area contributed by atoms with Crippen LogP contribution in [0.2, 0.25) is 0 Å². The van der Waals surface area contributed by atoms with E-state index in [1.54, 1.807) is 39.0 Å². The average molecular weight is 426 g/mol. The number of carbonyl (C=O) groups excluding carboxylic acids is 1. The lowest BCUT2D eigenvalue weighted by molar-refractivity contribution is 0.102. The summed E-state index contributed by atoms with van der Waals surface area (Å²) in [5, 5.41) is 2.59. The molecule has 0 unspecified atom stereocenters. The minimum atomic E-state index is -3.77. The number of carbonyl (C=O) groups is 1. The Kier molecular flexibility index (Phi) is 6.17. The van der Waals surface area contributed by atoms with Gasteiger partial charge in [0.2, 0.25) is 20.0 Å². The first-order valence-electron chi connectivity index (χ1n) is 8.29. The Morgan fingerprint density at radius 3 is 2.18 bits per heavy atom. The molecule has 0 atom stereocenters. The molecule has 2 rings (SSSR count). The van der Waals surface area contributed by atoms with E-state index in [9.17, 15) is 21.6 Å². The van der Waals surface area contributed by atoms with Gasteiger partial charge in [-0.15, -0.1) is 0 Å². The molecule has 0 saturated carbocycles. The highest BCUT2D eigenvalue weighted by Gasteiger charge is 2.22. The van der Waals surface area contributed by atoms with Gasteiger partial charge in [-0.1, -0.05) is 18.2 Å². The highest BCUT2D eigenvalue weighted by molar-refractivity contribution is 7.92. The third kappa shape index (κ3) is 6.32. The van der Waals surface area contributed by atoms with Crippen molar-refractivity contribution in [2.45, 2.75) is 31.2 Å². The second-order valence-corrected chi connectivity index (χ2v) is 10.7. The molecule has 0 heterocycles. The van der Waals surface area contributed by atoms with Crippen LogP contribution >= 0.6 is 0 Å². The molecule has 10 heteroatoms.